The second kappa shape index (κ2) is 4.11. The van der Waals surface area contributed by atoms with Gasteiger partial charge in [0.15, 0.2) is 0 Å². The van der Waals surface area contributed by atoms with E-state index >= 15 is 0 Å². The van der Waals surface area contributed by atoms with E-state index in [9.17, 15) is 0 Å². The van der Waals surface area contributed by atoms with E-state index in [2.05, 4.69) is 27.1 Å². The Morgan fingerprint density at radius 3 is 3.14 bits per heavy atom. The maximum absolute atomic E-state index is 5.00. The lowest BCUT2D eigenvalue weighted by molar-refractivity contribution is 0.184. The molecule has 0 radical (unpaired) electrons. The molecule has 0 saturated heterocycles. The van der Waals surface area contributed by atoms with E-state index in [0.717, 1.165) is 21.9 Å². The fourth-order valence-electron chi connectivity index (χ4n) is 1.35. The van der Waals surface area contributed by atoms with Crippen molar-refractivity contribution < 1.29 is 4.74 Å². The highest BCUT2D eigenvalue weighted by atomic mass is 79.9. The van der Waals surface area contributed by atoms with Crippen LogP contribution < -0.4 is 0 Å². The van der Waals surface area contributed by atoms with Gasteiger partial charge in [-0.3, -0.25) is 4.68 Å². The van der Waals surface area contributed by atoms with E-state index in [1.165, 1.54) is 0 Å². The predicted molar refractivity (Wildman–Crippen MR) is 59.3 cm³/mol. The van der Waals surface area contributed by atoms with E-state index in [-0.39, 0.29) is 0 Å². The van der Waals surface area contributed by atoms with Gasteiger partial charge in [-0.05, 0) is 18.2 Å². The molecule has 0 saturated carbocycles. The summed E-state index contributed by atoms with van der Waals surface area (Å²) in [5.74, 6) is 0. The third kappa shape index (κ3) is 1.96. The minimum Gasteiger partial charge on any atom is -0.383 e. The summed E-state index contributed by atoms with van der Waals surface area (Å²) in [6.45, 7) is 1.48. The van der Waals surface area contributed by atoms with Crippen LogP contribution in [-0.2, 0) is 11.3 Å². The molecule has 4 heteroatoms. The summed E-state index contributed by atoms with van der Waals surface area (Å²) in [6.07, 6.45) is 2.03. The van der Waals surface area contributed by atoms with Gasteiger partial charge in [-0.15, -0.1) is 0 Å². The molecule has 1 aromatic heterocycles. The lowest BCUT2D eigenvalue weighted by atomic mass is 10.3. The van der Waals surface area contributed by atoms with Crippen molar-refractivity contribution >= 4 is 26.8 Å². The van der Waals surface area contributed by atoms with Gasteiger partial charge in [0.25, 0.3) is 0 Å². The summed E-state index contributed by atoms with van der Waals surface area (Å²) >= 11 is 3.43. The zero-order valence-corrected chi connectivity index (χ0v) is 9.49. The second-order valence-corrected chi connectivity index (χ2v) is 4.00. The lowest BCUT2D eigenvalue weighted by Crippen LogP contribution is -2.03. The first-order valence-electron chi connectivity index (χ1n) is 4.41. The Morgan fingerprint density at radius 2 is 2.36 bits per heavy atom. The molecule has 74 valence electrons. The molecule has 0 amide bonds. The Kier molecular flexibility index (Phi) is 2.84. The summed E-state index contributed by atoms with van der Waals surface area (Å²) < 4.78 is 7.98. The molecular formula is C10H11BrN2O. The second-order valence-electron chi connectivity index (χ2n) is 3.09. The lowest BCUT2D eigenvalue weighted by Gasteiger charge is -1.97. The molecule has 0 unspecified atom stereocenters. The largest absolute Gasteiger partial charge is 0.383 e. The van der Waals surface area contributed by atoms with Gasteiger partial charge in [0.05, 0.1) is 18.7 Å². The Labute approximate surface area is 90.8 Å². The molecule has 0 N–H and O–H groups in total. The van der Waals surface area contributed by atoms with Crippen LogP contribution in [0.5, 0.6) is 0 Å². The zero-order valence-electron chi connectivity index (χ0n) is 7.90. The normalized spacial score (nSPS) is 11.0. The van der Waals surface area contributed by atoms with Crippen molar-refractivity contribution in [1.82, 2.24) is 9.78 Å². The van der Waals surface area contributed by atoms with Crippen molar-refractivity contribution in [3.8, 4) is 0 Å². The van der Waals surface area contributed by atoms with Gasteiger partial charge in [-0.25, -0.2) is 0 Å². The molecule has 3 nitrogen and oxygen atoms in total. The SMILES string of the molecule is COCCn1cc2cc(Br)ccc2n1. The summed E-state index contributed by atoms with van der Waals surface area (Å²) in [4.78, 5) is 0. The van der Waals surface area contributed by atoms with E-state index < -0.39 is 0 Å². The van der Waals surface area contributed by atoms with Crippen LogP contribution in [0, 0.1) is 0 Å². The van der Waals surface area contributed by atoms with Crippen molar-refractivity contribution in [1.29, 1.82) is 0 Å². The van der Waals surface area contributed by atoms with Gasteiger partial charge in [-0.1, -0.05) is 15.9 Å². The molecule has 0 atom stereocenters. The Hall–Kier alpha value is -0.870. The number of hydrogen-bond acceptors (Lipinski definition) is 2. The minimum atomic E-state index is 0.690. The first-order valence-corrected chi connectivity index (χ1v) is 5.20. The van der Waals surface area contributed by atoms with Gasteiger partial charge in [0, 0.05) is 23.2 Å². The van der Waals surface area contributed by atoms with Crippen molar-refractivity contribution in [2.24, 2.45) is 0 Å². The van der Waals surface area contributed by atoms with Crippen molar-refractivity contribution in [2.45, 2.75) is 6.54 Å². The highest BCUT2D eigenvalue weighted by Crippen LogP contribution is 2.18. The van der Waals surface area contributed by atoms with Gasteiger partial charge >= 0.3 is 0 Å². The van der Waals surface area contributed by atoms with Gasteiger partial charge in [0.2, 0.25) is 0 Å². The highest BCUT2D eigenvalue weighted by molar-refractivity contribution is 9.10. The van der Waals surface area contributed by atoms with Gasteiger partial charge < -0.3 is 4.74 Å². The fourth-order valence-corrected chi connectivity index (χ4v) is 1.73. The van der Waals surface area contributed by atoms with Gasteiger partial charge in [0.1, 0.15) is 0 Å². The molecule has 0 bridgehead atoms. The number of ether oxygens (including phenoxy) is 1. The van der Waals surface area contributed by atoms with Crippen LogP contribution in [0.2, 0.25) is 0 Å². The number of aromatic nitrogens is 2. The smallest absolute Gasteiger partial charge is 0.0924 e. The van der Waals surface area contributed by atoms with Gasteiger partial charge in [-0.2, -0.15) is 5.10 Å². The quantitative estimate of drug-likeness (QED) is 0.842. The average molecular weight is 255 g/mol. The summed E-state index contributed by atoms with van der Waals surface area (Å²) in [5.41, 5.74) is 1.02. The molecule has 1 heterocycles. The van der Waals surface area contributed by atoms with E-state index in [1.807, 2.05) is 23.0 Å². The standard InChI is InChI=1S/C10H11BrN2O/c1-14-5-4-13-7-8-6-9(11)2-3-10(8)12-13/h2-3,6-7H,4-5H2,1H3. The van der Waals surface area contributed by atoms with Crippen molar-refractivity contribution in [3.63, 3.8) is 0 Å². The topological polar surface area (TPSA) is 27.1 Å². The third-order valence-electron chi connectivity index (χ3n) is 2.04. The maximum Gasteiger partial charge on any atom is 0.0924 e. The summed E-state index contributed by atoms with van der Waals surface area (Å²) in [7, 11) is 1.69. The Balaban J connectivity index is 2.32. The van der Waals surface area contributed by atoms with Crippen LogP contribution in [0.15, 0.2) is 28.9 Å². The maximum atomic E-state index is 5.00. The number of benzene rings is 1. The Bertz CT molecular complexity index is 439. The number of methoxy groups -OCH3 is 1. The summed E-state index contributed by atoms with van der Waals surface area (Å²) in [5, 5.41) is 5.56. The molecule has 14 heavy (non-hydrogen) atoms. The van der Waals surface area contributed by atoms with Crippen LogP contribution in [0.3, 0.4) is 0 Å². The molecule has 0 aliphatic heterocycles. The number of fused-ring (bicyclic) bond motifs is 1. The summed E-state index contributed by atoms with van der Waals surface area (Å²) in [6, 6.07) is 6.06. The Morgan fingerprint density at radius 1 is 1.50 bits per heavy atom. The molecule has 0 aliphatic rings. The highest BCUT2D eigenvalue weighted by Gasteiger charge is 2.00. The molecule has 0 fully saturated rings. The van der Waals surface area contributed by atoms with Crippen LogP contribution in [-0.4, -0.2) is 23.5 Å². The number of rotatable bonds is 3. The molecule has 2 rings (SSSR count). The van der Waals surface area contributed by atoms with E-state index in [1.54, 1.807) is 7.11 Å². The zero-order chi connectivity index (χ0) is 9.97. The average Bonchev–Trinajstić information content (AvgIpc) is 2.56. The first kappa shape index (κ1) is 9.68. The van der Waals surface area contributed by atoms with Crippen LogP contribution >= 0.6 is 15.9 Å². The van der Waals surface area contributed by atoms with Crippen LogP contribution in [0.4, 0.5) is 0 Å². The number of nitrogens with zero attached hydrogens (tertiary/aromatic N) is 2. The molecule has 2 aromatic rings. The minimum absolute atomic E-state index is 0.690. The van der Waals surface area contributed by atoms with Crippen molar-refractivity contribution in [3.05, 3.63) is 28.9 Å². The van der Waals surface area contributed by atoms with Crippen molar-refractivity contribution in [2.75, 3.05) is 13.7 Å². The predicted octanol–water partition coefficient (Wildman–Crippen LogP) is 2.45. The molecule has 1 aromatic carbocycles. The van der Waals surface area contributed by atoms with Crippen LogP contribution in [0.1, 0.15) is 0 Å². The van der Waals surface area contributed by atoms with E-state index in [4.69, 9.17) is 4.74 Å². The molecule has 0 spiro atoms. The van der Waals surface area contributed by atoms with Crippen LogP contribution in [0.25, 0.3) is 10.9 Å². The number of hydrogen-bond donors (Lipinski definition) is 0. The first-order chi connectivity index (χ1) is 6.79. The fraction of sp³-hybridized carbons (Fsp3) is 0.300. The third-order valence-corrected chi connectivity index (χ3v) is 2.53. The van der Waals surface area contributed by atoms with E-state index in [0.29, 0.717) is 6.61 Å². The number of halogens is 1. The monoisotopic (exact) mass is 254 g/mol. The molecule has 0 aliphatic carbocycles. The molecular weight excluding hydrogens is 244 g/mol.